The quantitative estimate of drug-likeness (QED) is 0.511. The van der Waals surface area contributed by atoms with Crippen LogP contribution in [0.5, 0.6) is 5.75 Å². The van der Waals surface area contributed by atoms with E-state index in [9.17, 15) is 13.2 Å². The van der Waals surface area contributed by atoms with Crippen LogP contribution < -0.4 is 4.74 Å². The summed E-state index contributed by atoms with van der Waals surface area (Å²) in [6, 6.07) is 6.36. The van der Waals surface area contributed by atoms with Crippen molar-refractivity contribution in [3.05, 3.63) is 24.3 Å². The van der Waals surface area contributed by atoms with E-state index in [1.54, 1.807) is 12.1 Å². The highest BCUT2D eigenvalue weighted by Gasteiger charge is 2.25. The first-order valence-electron chi connectivity index (χ1n) is 8.93. The Morgan fingerprint density at radius 2 is 1.62 bits per heavy atom. The van der Waals surface area contributed by atoms with Crippen LogP contribution in [-0.2, 0) is 19.6 Å². The maximum atomic E-state index is 13.0. The Bertz CT molecular complexity index is 642. The summed E-state index contributed by atoms with van der Waals surface area (Å²) in [5.41, 5.74) is 0. The summed E-state index contributed by atoms with van der Waals surface area (Å²) in [5.74, 6) is 0.202. The highest BCUT2D eigenvalue weighted by Crippen LogP contribution is 2.19. The van der Waals surface area contributed by atoms with Crippen molar-refractivity contribution in [3.63, 3.8) is 0 Å². The zero-order valence-electron chi connectivity index (χ0n) is 16.1. The lowest BCUT2D eigenvalue weighted by molar-refractivity contribution is -0.141. The van der Waals surface area contributed by atoms with Gasteiger partial charge in [-0.1, -0.05) is 13.8 Å². The van der Waals surface area contributed by atoms with E-state index in [4.69, 9.17) is 9.47 Å². The second kappa shape index (κ2) is 11.2. The SMILES string of the molecule is CCOc1ccc(S(=O)(=O)N(CCOC(C)=O)CCN(CC)CC)cc1. The minimum atomic E-state index is -3.68. The molecule has 0 aliphatic rings. The largest absolute Gasteiger partial charge is 0.494 e. The van der Waals surface area contributed by atoms with E-state index in [1.807, 2.05) is 20.8 Å². The normalized spacial score (nSPS) is 11.8. The van der Waals surface area contributed by atoms with E-state index >= 15 is 0 Å². The molecule has 0 bridgehead atoms. The molecule has 8 heteroatoms. The maximum Gasteiger partial charge on any atom is 0.302 e. The molecule has 7 nitrogen and oxygen atoms in total. The number of likely N-dealkylation sites (N-methyl/N-ethyl adjacent to an activating group) is 1. The summed E-state index contributed by atoms with van der Waals surface area (Å²) < 4.78 is 37.6. The fourth-order valence-electron chi connectivity index (χ4n) is 2.46. The molecule has 0 N–H and O–H groups in total. The molecule has 0 saturated carbocycles. The smallest absolute Gasteiger partial charge is 0.302 e. The number of benzene rings is 1. The Balaban J connectivity index is 2.94. The van der Waals surface area contributed by atoms with Crippen LogP contribution in [0, 0.1) is 0 Å². The Morgan fingerprint density at radius 3 is 2.12 bits per heavy atom. The molecule has 0 unspecified atom stereocenters. The van der Waals surface area contributed by atoms with Crippen LogP contribution in [0.2, 0.25) is 0 Å². The van der Waals surface area contributed by atoms with E-state index in [2.05, 4.69) is 4.90 Å². The zero-order chi connectivity index (χ0) is 19.6. The van der Waals surface area contributed by atoms with Gasteiger partial charge < -0.3 is 14.4 Å². The van der Waals surface area contributed by atoms with Crippen molar-refractivity contribution >= 4 is 16.0 Å². The van der Waals surface area contributed by atoms with Crippen LogP contribution in [-0.4, -0.2) is 69.5 Å². The van der Waals surface area contributed by atoms with Crippen molar-refractivity contribution in [3.8, 4) is 5.75 Å². The van der Waals surface area contributed by atoms with Crippen molar-refractivity contribution in [2.24, 2.45) is 0 Å². The van der Waals surface area contributed by atoms with Crippen molar-refractivity contribution in [1.82, 2.24) is 9.21 Å². The van der Waals surface area contributed by atoms with Crippen LogP contribution in [0.15, 0.2) is 29.2 Å². The lowest BCUT2D eigenvalue weighted by Gasteiger charge is -2.26. The maximum absolute atomic E-state index is 13.0. The molecule has 0 aliphatic heterocycles. The molecule has 26 heavy (non-hydrogen) atoms. The summed E-state index contributed by atoms with van der Waals surface area (Å²) in [7, 11) is -3.68. The molecule has 1 rings (SSSR count). The highest BCUT2D eigenvalue weighted by molar-refractivity contribution is 7.89. The van der Waals surface area contributed by atoms with Crippen LogP contribution in [0.1, 0.15) is 27.7 Å². The molecule has 0 fully saturated rings. The van der Waals surface area contributed by atoms with Gasteiger partial charge in [-0.3, -0.25) is 4.79 Å². The number of sulfonamides is 1. The van der Waals surface area contributed by atoms with Gasteiger partial charge >= 0.3 is 5.97 Å². The number of nitrogens with zero attached hydrogens (tertiary/aromatic N) is 2. The molecule has 0 saturated heterocycles. The number of esters is 1. The topological polar surface area (TPSA) is 76.1 Å². The number of carbonyl (C=O) groups excluding carboxylic acids is 1. The minimum Gasteiger partial charge on any atom is -0.494 e. The number of carbonyl (C=O) groups is 1. The summed E-state index contributed by atoms with van der Waals surface area (Å²) in [4.78, 5) is 13.3. The number of ether oxygens (including phenoxy) is 2. The fraction of sp³-hybridized carbons (Fsp3) is 0.611. The van der Waals surface area contributed by atoms with Gasteiger partial charge in [0, 0.05) is 26.6 Å². The first kappa shape index (κ1) is 22.4. The molecule has 0 aliphatic carbocycles. The van der Waals surface area contributed by atoms with E-state index in [-0.39, 0.29) is 18.0 Å². The van der Waals surface area contributed by atoms with Crippen molar-refractivity contribution in [1.29, 1.82) is 0 Å². The molecule has 0 atom stereocenters. The first-order valence-corrected chi connectivity index (χ1v) is 10.4. The lowest BCUT2D eigenvalue weighted by Crippen LogP contribution is -2.40. The van der Waals surface area contributed by atoms with Crippen LogP contribution in [0.4, 0.5) is 0 Å². The molecule has 0 amide bonds. The molecular weight excluding hydrogens is 356 g/mol. The molecule has 0 aromatic heterocycles. The predicted octanol–water partition coefficient (Wildman–Crippen LogP) is 1.98. The average Bonchev–Trinajstić information content (AvgIpc) is 2.61. The van der Waals surface area contributed by atoms with Gasteiger partial charge in [-0.25, -0.2) is 8.42 Å². The Kier molecular flexibility index (Phi) is 9.61. The third-order valence-electron chi connectivity index (χ3n) is 3.98. The van der Waals surface area contributed by atoms with Gasteiger partial charge in [0.25, 0.3) is 0 Å². The van der Waals surface area contributed by atoms with Gasteiger partial charge in [0.05, 0.1) is 11.5 Å². The van der Waals surface area contributed by atoms with Crippen LogP contribution >= 0.6 is 0 Å². The Hall–Kier alpha value is -1.64. The summed E-state index contributed by atoms with van der Waals surface area (Å²) in [5, 5.41) is 0. The van der Waals surface area contributed by atoms with Crippen LogP contribution in [0.3, 0.4) is 0 Å². The molecule has 148 valence electrons. The molecule has 1 aromatic rings. The second-order valence-electron chi connectivity index (χ2n) is 5.68. The van der Waals surface area contributed by atoms with Gasteiger partial charge in [-0.05, 0) is 44.3 Å². The Morgan fingerprint density at radius 1 is 1.00 bits per heavy atom. The number of hydrogen-bond acceptors (Lipinski definition) is 6. The Labute approximate surface area is 156 Å². The van der Waals surface area contributed by atoms with Gasteiger partial charge in [0.2, 0.25) is 10.0 Å². The molecule has 1 aromatic carbocycles. The zero-order valence-corrected chi connectivity index (χ0v) is 16.9. The molecule has 0 heterocycles. The predicted molar refractivity (Wildman–Crippen MR) is 101 cm³/mol. The average molecular weight is 387 g/mol. The minimum absolute atomic E-state index is 0.0316. The third-order valence-corrected chi connectivity index (χ3v) is 5.89. The van der Waals surface area contributed by atoms with E-state index in [1.165, 1.54) is 23.4 Å². The van der Waals surface area contributed by atoms with Crippen molar-refractivity contribution in [2.45, 2.75) is 32.6 Å². The van der Waals surface area contributed by atoms with Crippen molar-refractivity contribution < 1.29 is 22.7 Å². The van der Waals surface area contributed by atoms with Gasteiger partial charge in [0.1, 0.15) is 12.4 Å². The monoisotopic (exact) mass is 386 g/mol. The summed E-state index contributed by atoms with van der Waals surface area (Å²) in [6.45, 7) is 10.6. The lowest BCUT2D eigenvalue weighted by atomic mass is 10.3. The standard InChI is InChI=1S/C18H30N2O5S/c1-5-19(6-2)12-13-20(14-15-25-16(4)21)26(22,23)18-10-8-17(9-11-18)24-7-3/h8-11H,5-7,12-15H2,1-4H3. The van der Waals surface area contributed by atoms with Gasteiger partial charge in [-0.2, -0.15) is 4.31 Å². The van der Waals surface area contributed by atoms with Gasteiger partial charge in [-0.15, -0.1) is 0 Å². The van der Waals surface area contributed by atoms with Crippen molar-refractivity contribution in [2.75, 3.05) is 45.9 Å². The second-order valence-corrected chi connectivity index (χ2v) is 7.61. The number of hydrogen-bond donors (Lipinski definition) is 0. The fourth-order valence-corrected chi connectivity index (χ4v) is 3.87. The third kappa shape index (κ3) is 6.93. The molecule has 0 spiro atoms. The molecule has 0 radical (unpaired) electrons. The highest BCUT2D eigenvalue weighted by atomic mass is 32.2. The number of rotatable bonds is 12. The van der Waals surface area contributed by atoms with E-state index in [0.717, 1.165) is 13.1 Å². The first-order chi connectivity index (χ1) is 12.3. The van der Waals surface area contributed by atoms with E-state index < -0.39 is 16.0 Å². The van der Waals surface area contributed by atoms with E-state index in [0.29, 0.717) is 25.4 Å². The molecular formula is C18H30N2O5S. The summed E-state index contributed by atoms with van der Waals surface area (Å²) >= 11 is 0. The summed E-state index contributed by atoms with van der Waals surface area (Å²) in [6.07, 6.45) is 0. The van der Waals surface area contributed by atoms with Crippen LogP contribution in [0.25, 0.3) is 0 Å². The van der Waals surface area contributed by atoms with Gasteiger partial charge in [0.15, 0.2) is 0 Å².